The van der Waals surface area contributed by atoms with Gasteiger partial charge in [0.2, 0.25) is 10.0 Å². The first kappa shape index (κ1) is 18.7. The largest absolute Gasteiger partial charge is 0.395 e. The topological polar surface area (TPSA) is 72.2 Å². The van der Waals surface area contributed by atoms with Gasteiger partial charge >= 0.3 is 0 Å². The van der Waals surface area contributed by atoms with Gasteiger partial charge in [0.05, 0.1) is 15.2 Å². The molecule has 0 saturated heterocycles. The molecule has 0 aliphatic carbocycles. The lowest BCUT2D eigenvalue weighted by molar-refractivity contribution is 0.252. The number of hydrogen-bond donors (Lipinski definition) is 2. The first-order chi connectivity index (χ1) is 9.40. The average molecular weight is 402 g/mol. The summed E-state index contributed by atoms with van der Waals surface area (Å²) >= 11 is 8.86. The lowest BCUT2D eigenvalue weighted by Crippen LogP contribution is -2.37. The van der Waals surface area contributed by atoms with E-state index in [9.17, 15) is 12.8 Å². The molecule has 1 aromatic carbocycles. The minimum absolute atomic E-state index is 0.0393. The van der Waals surface area contributed by atoms with Gasteiger partial charge in [-0.05, 0) is 33.3 Å². The summed E-state index contributed by atoms with van der Waals surface area (Å²) in [5.74, 6) is -0.759. The third-order valence-electron chi connectivity index (χ3n) is 3.73. The number of nitrogens with one attached hydrogen (secondary N) is 1. The first-order valence-electron chi connectivity index (χ1n) is 6.33. The molecule has 0 aromatic heterocycles. The van der Waals surface area contributed by atoms with Crippen LogP contribution in [0.4, 0.5) is 10.1 Å². The van der Waals surface area contributed by atoms with Crippen molar-refractivity contribution in [1.29, 1.82) is 0 Å². The second-order valence-electron chi connectivity index (χ2n) is 5.87. The summed E-state index contributed by atoms with van der Waals surface area (Å²) in [6.45, 7) is 8.02. The lowest BCUT2D eigenvalue weighted by Gasteiger charge is -2.29. The number of nitrogens with two attached hydrogens (primary N) is 1. The molecule has 0 amide bonds. The molecule has 3 N–H and O–H groups in total. The summed E-state index contributed by atoms with van der Waals surface area (Å²) in [5.41, 5.74) is 4.91. The van der Waals surface area contributed by atoms with Gasteiger partial charge in [0.15, 0.2) is 5.82 Å². The fraction of sp³-hybridized carbons (Fsp3) is 0.538. The second-order valence-corrected chi connectivity index (χ2v) is 8.80. The summed E-state index contributed by atoms with van der Waals surface area (Å²) in [6, 6.07) is 1.04. The lowest BCUT2D eigenvalue weighted by atomic mass is 9.81. The van der Waals surface area contributed by atoms with Gasteiger partial charge in [0.1, 0.15) is 4.90 Å². The molecule has 0 unspecified atom stereocenters. The summed E-state index contributed by atoms with van der Waals surface area (Å²) in [5, 5.41) is 0.0393. The van der Waals surface area contributed by atoms with Crippen LogP contribution in [0.3, 0.4) is 0 Å². The molecule has 0 aliphatic heterocycles. The quantitative estimate of drug-likeness (QED) is 0.582. The van der Waals surface area contributed by atoms with E-state index in [1.54, 1.807) is 0 Å². The van der Waals surface area contributed by atoms with Gasteiger partial charge in [-0.2, -0.15) is 0 Å². The monoisotopic (exact) mass is 400 g/mol. The molecular weight excluding hydrogens is 383 g/mol. The molecule has 0 heterocycles. The summed E-state index contributed by atoms with van der Waals surface area (Å²) in [4.78, 5) is -0.548. The van der Waals surface area contributed by atoms with Crippen molar-refractivity contribution in [2.45, 2.75) is 32.6 Å². The number of anilines is 1. The van der Waals surface area contributed by atoms with Crippen LogP contribution in [0.1, 0.15) is 27.7 Å². The van der Waals surface area contributed by atoms with Crippen LogP contribution in [0.2, 0.25) is 5.02 Å². The highest BCUT2D eigenvalue weighted by Crippen LogP contribution is 2.35. The minimum atomic E-state index is -4.03. The molecule has 0 saturated carbocycles. The van der Waals surface area contributed by atoms with E-state index in [4.69, 9.17) is 17.3 Å². The van der Waals surface area contributed by atoms with Crippen molar-refractivity contribution in [2.75, 3.05) is 12.3 Å². The van der Waals surface area contributed by atoms with Gasteiger partial charge in [-0.3, -0.25) is 0 Å². The van der Waals surface area contributed by atoms with E-state index in [1.807, 2.05) is 27.7 Å². The fourth-order valence-corrected chi connectivity index (χ4v) is 3.26. The highest BCUT2D eigenvalue weighted by atomic mass is 79.9. The molecule has 0 radical (unpaired) electrons. The normalized spacial score (nSPS) is 13.0. The minimum Gasteiger partial charge on any atom is -0.395 e. The number of benzene rings is 1. The van der Waals surface area contributed by atoms with Crippen LogP contribution in [-0.4, -0.2) is 15.0 Å². The summed E-state index contributed by atoms with van der Waals surface area (Å²) < 4.78 is 41.2. The van der Waals surface area contributed by atoms with Crippen LogP contribution in [0.25, 0.3) is 0 Å². The van der Waals surface area contributed by atoms with E-state index in [0.717, 1.165) is 6.07 Å². The average Bonchev–Trinajstić information content (AvgIpc) is 2.38. The maximum absolute atomic E-state index is 14.1. The standard InChI is InChI=1S/C13H19BrClFN2O2S/c1-7(2)13(3,4)6-18-21(19,20)9-5-8(15)10(14)12(17)11(9)16/h5,7,18H,6,17H2,1-4H3. The molecule has 8 heteroatoms. The highest BCUT2D eigenvalue weighted by Gasteiger charge is 2.28. The number of sulfonamides is 1. The Bertz CT molecular complexity index is 648. The molecule has 21 heavy (non-hydrogen) atoms. The summed E-state index contributed by atoms with van der Waals surface area (Å²) in [7, 11) is -4.03. The van der Waals surface area contributed by atoms with Gasteiger partial charge in [-0.25, -0.2) is 17.5 Å². The molecule has 0 aliphatic rings. The highest BCUT2D eigenvalue weighted by molar-refractivity contribution is 9.10. The van der Waals surface area contributed by atoms with E-state index in [0.29, 0.717) is 0 Å². The van der Waals surface area contributed by atoms with E-state index < -0.39 is 20.7 Å². The van der Waals surface area contributed by atoms with Gasteiger partial charge in [0.25, 0.3) is 0 Å². The van der Waals surface area contributed by atoms with E-state index >= 15 is 0 Å². The second kappa shape index (κ2) is 6.40. The van der Waals surface area contributed by atoms with Crippen molar-refractivity contribution < 1.29 is 12.8 Å². The Labute approximate surface area is 138 Å². The van der Waals surface area contributed by atoms with Crippen molar-refractivity contribution in [1.82, 2.24) is 4.72 Å². The predicted molar refractivity (Wildman–Crippen MR) is 87.3 cm³/mol. The number of nitrogen functional groups attached to an aromatic ring is 1. The zero-order valence-electron chi connectivity index (χ0n) is 12.3. The Hall–Kier alpha value is -0.370. The number of hydrogen-bond acceptors (Lipinski definition) is 3. The van der Waals surface area contributed by atoms with Crippen molar-refractivity contribution >= 4 is 43.2 Å². The third-order valence-corrected chi connectivity index (χ3v) is 6.51. The Morgan fingerprint density at radius 2 is 2.00 bits per heavy atom. The first-order valence-corrected chi connectivity index (χ1v) is 8.98. The molecule has 0 bridgehead atoms. The maximum atomic E-state index is 14.1. The van der Waals surface area contributed by atoms with Gasteiger partial charge < -0.3 is 5.73 Å². The fourth-order valence-electron chi connectivity index (χ4n) is 1.36. The van der Waals surface area contributed by atoms with Crippen LogP contribution < -0.4 is 10.5 Å². The van der Waals surface area contributed by atoms with Crippen LogP contribution >= 0.6 is 27.5 Å². The van der Waals surface area contributed by atoms with Crippen molar-refractivity contribution in [3.8, 4) is 0 Å². The predicted octanol–water partition coefficient (Wildman–Crippen LogP) is 3.78. The third kappa shape index (κ3) is 4.09. The summed E-state index contributed by atoms with van der Waals surface area (Å²) in [6.07, 6.45) is 0. The zero-order chi connectivity index (χ0) is 16.6. The Kier molecular flexibility index (Phi) is 5.69. The molecule has 0 fully saturated rings. The maximum Gasteiger partial charge on any atom is 0.243 e. The Morgan fingerprint density at radius 1 is 1.48 bits per heavy atom. The van der Waals surface area contributed by atoms with Crippen LogP contribution in [0.5, 0.6) is 0 Å². The smallest absolute Gasteiger partial charge is 0.243 e. The molecule has 0 atom stereocenters. The van der Waals surface area contributed by atoms with Crippen LogP contribution in [0.15, 0.2) is 15.4 Å². The van der Waals surface area contributed by atoms with Crippen LogP contribution in [-0.2, 0) is 10.0 Å². The van der Waals surface area contributed by atoms with Crippen molar-refractivity contribution in [2.24, 2.45) is 11.3 Å². The van der Waals surface area contributed by atoms with Crippen molar-refractivity contribution in [3.05, 3.63) is 21.4 Å². The Morgan fingerprint density at radius 3 is 2.48 bits per heavy atom. The molecular formula is C13H19BrClFN2O2S. The molecule has 1 rings (SSSR count). The van der Waals surface area contributed by atoms with Crippen molar-refractivity contribution in [3.63, 3.8) is 0 Å². The molecule has 1 aromatic rings. The molecule has 120 valence electrons. The van der Waals surface area contributed by atoms with Gasteiger partial charge in [-0.1, -0.05) is 39.3 Å². The van der Waals surface area contributed by atoms with Gasteiger partial charge in [0, 0.05) is 6.54 Å². The van der Waals surface area contributed by atoms with E-state index in [1.165, 1.54) is 0 Å². The number of halogens is 3. The molecule has 4 nitrogen and oxygen atoms in total. The van der Waals surface area contributed by atoms with E-state index in [-0.39, 0.29) is 33.1 Å². The SMILES string of the molecule is CC(C)C(C)(C)CNS(=O)(=O)c1cc(Cl)c(Br)c(N)c1F. The Balaban J connectivity index is 3.16. The zero-order valence-corrected chi connectivity index (χ0v) is 15.5. The molecule has 0 spiro atoms. The van der Waals surface area contributed by atoms with Crippen LogP contribution in [0, 0.1) is 17.2 Å². The number of rotatable bonds is 5. The van der Waals surface area contributed by atoms with Gasteiger partial charge in [-0.15, -0.1) is 0 Å². The van der Waals surface area contributed by atoms with E-state index in [2.05, 4.69) is 20.7 Å².